The molecule has 14 nitrogen and oxygen atoms in total. The van der Waals surface area contributed by atoms with Gasteiger partial charge < -0.3 is 75.4 Å². The van der Waals surface area contributed by atoms with Crippen molar-refractivity contribution in [2.24, 2.45) is 0 Å². The second-order valence-corrected chi connectivity index (χ2v) is 12.9. The van der Waals surface area contributed by atoms with Gasteiger partial charge in [-0.05, 0) is 41.7 Å². The van der Waals surface area contributed by atoms with Gasteiger partial charge in [0.1, 0.15) is 0 Å². The van der Waals surface area contributed by atoms with Gasteiger partial charge in [0, 0.05) is 74.6 Å². The number of hydrogen-bond donors (Lipinski definition) is 0. The largest absolute Gasteiger partial charge is 0.665 e. The standard InChI is InChI=1S/4C12H8N2.2Er.6H2O/c4*1-3-9-5-6-10-4-2-8-14-12(10)11(9)13-7-1;;;;;;;;/h4*1-8H;;;6*1H2/q4*-2;;;;;;;;/p+4. The van der Waals surface area contributed by atoms with Crippen LogP contribution in [0.2, 0.25) is 0 Å². The molecule has 8 aliphatic rings. The Morgan fingerprint density at radius 2 is 0.312 bits per heavy atom. The molecule has 4 aromatic carbocycles. The van der Waals surface area contributed by atoms with Crippen molar-refractivity contribution in [3.63, 3.8) is 0 Å². The molecule has 0 amide bonds. The Bertz CT molecular complexity index is 2450. The topological polar surface area (TPSA) is 308 Å². The first-order chi connectivity index (χ1) is 27.8. The van der Waals surface area contributed by atoms with Crippen LogP contribution in [0.15, 0.2) is 147 Å². The molecule has 12 rings (SSSR count). The molecule has 0 fully saturated rings. The summed E-state index contributed by atoms with van der Waals surface area (Å²) < 4.78 is 0. The normalized spacial score (nSPS) is 13.5. The number of allylic oxidation sites excluding steroid dienone is 8. The van der Waals surface area contributed by atoms with Crippen molar-refractivity contribution in [3.05, 3.63) is 231 Å². The van der Waals surface area contributed by atoms with E-state index in [0.29, 0.717) is 0 Å². The van der Waals surface area contributed by atoms with Crippen molar-refractivity contribution in [2.75, 3.05) is 0 Å². The van der Waals surface area contributed by atoms with Gasteiger partial charge in [0.2, 0.25) is 0 Å². The Kier molecular flexibility index (Phi) is 23.7. The zero-order chi connectivity index (χ0) is 37.5. The van der Waals surface area contributed by atoms with Crippen molar-refractivity contribution in [1.29, 1.82) is 0 Å². The first-order valence-electron chi connectivity index (χ1n) is 18.1. The third-order valence-corrected chi connectivity index (χ3v) is 9.38. The Labute approximate surface area is 428 Å². The molecule has 8 heterocycles. The van der Waals surface area contributed by atoms with Crippen molar-refractivity contribution < 1.29 is 107 Å². The summed E-state index contributed by atoms with van der Waals surface area (Å²) in [6.45, 7) is 0. The van der Waals surface area contributed by atoms with Crippen LogP contribution < -0.4 is 41.7 Å². The van der Waals surface area contributed by atoms with E-state index in [4.69, 9.17) is 0 Å². The van der Waals surface area contributed by atoms with E-state index in [9.17, 15) is 0 Å². The molecule has 344 valence electrons. The van der Waals surface area contributed by atoms with Gasteiger partial charge in [-0.3, -0.25) is 0 Å². The zero-order valence-electron chi connectivity index (χ0n) is 33.9. The summed E-state index contributed by atoms with van der Waals surface area (Å²) in [5, 5.41) is 43.9. The van der Waals surface area contributed by atoms with E-state index in [2.05, 4.69) is 140 Å². The number of hydrogen-bond acceptors (Lipinski definition) is 0. The SMILES string of the molecule is C1=C[N-]c2c3c(ccc2=C1)=CC=C[N-]3.C1=C[N-]c2c3c(ccc2=C1)=CC=C[N-]3.C1=C[N-]c2c3c(ccc2=C1)=CC=C[N-]3.C1=C[N-]c2c3c(ccc2=C1)=CC=C[N-]3.O.O.[Er].[Er].[OH3+].[OH3+].[OH3+].[OH3+]. The summed E-state index contributed by atoms with van der Waals surface area (Å²) in [6.07, 6.45) is 46.4. The Balaban J connectivity index is 0.000000410. The van der Waals surface area contributed by atoms with Gasteiger partial charge in [-0.2, -0.15) is 49.6 Å². The molecule has 4 aromatic rings. The van der Waals surface area contributed by atoms with Crippen LogP contribution >= 0.6 is 0 Å². The molecule has 0 unspecified atom stereocenters. The Hall–Kier alpha value is -5.59. The third-order valence-electron chi connectivity index (χ3n) is 9.38. The molecule has 8 aliphatic heterocycles. The maximum Gasteiger partial charge on any atom is 0 e. The van der Waals surface area contributed by atoms with Gasteiger partial charge >= 0.3 is 0 Å². The molecule has 0 saturated carbocycles. The van der Waals surface area contributed by atoms with E-state index < -0.39 is 0 Å². The number of nitrogens with zero attached hydrogens (tertiary/aromatic N) is 8. The second kappa shape index (κ2) is 26.9. The van der Waals surface area contributed by atoms with Gasteiger partial charge in [0.25, 0.3) is 0 Å². The van der Waals surface area contributed by atoms with E-state index in [1.54, 1.807) is 49.6 Å². The molecule has 0 radical (unpaired) electrons. The third kappa shape index (κ3) is 12.4. The van der Waals surface area contributed by atoms with Crippen molar-refractivity contribution in [1.82, 2.24) is 0 Å². The fourth-order valence-electron chi connectivity index (χ4n) is 6.72. The number of rotatable bonds is 0. The maximum absolute atomic E-state index is 4.35. The Morgan fingerprint density at radius 3 is 0.422 bits per heavy atom. The van der Waals surface area contributed by atoms with E-state index in [0.717, 1.165) is 87.2 Å². The van der Waals surface area contributed by atoms with Crippen LogP contribution in [-0.4, -0.2) is 11.0 Å². The molecular weight excluding hydrogens is 1120 g/mol. The molecule has 0 spiro atoms. The molecule has 16 heteroatoms. The average molecular weight is 1170 g/mol. The van der Waals surface area contributed by atoms with E-state index in [1.165, 1.54) is 0 Å². The molecule has 0 aromatic heterocycles. The fourth-order valence-corrected chi connectivity index (χ4v) is 6.72. The van der Waals surface area contributed by atoms with Gasteiger partial charge in [-0.25, -0.2) is 0 Å². The molecule has 0 saturated heterocycles. The van der Waals surface area contributed by atoms with Crippen molar-refractivity contribution >= 4 is 94.1 Å². The van der Waals surface area contributed by atoms with Crippen molar-refractivity contribution in [3.8, 4) is 0 Å². The summed E-state index contributed by atoms with van der Waals surface area (Å²) in [5.74, 6) is 0. The first kappa shape index (κ1) is 56.4. The summed E-state index contributed by atoms with van der Waals surface area (Å²) in [6, 6.07) is 16.6. The second-order valence-electron chi connectivity index (χ2n) is 12.9. The molecule has 64 heavy (non-hydrogen) atoms. The average Bonchev–Trinajstić information content (AvgIpc) is 3.29. The predicted octanol–water partition coefficient (Wildman–Crippen LogP) is 3.91. The number of fused-ring (bicyclic) bond motifs is 12. The predicted molar refractivity (Wildman–Crippen MR) is 262 cm³/mol. The first-order valence-corrected chi connectivity index (χ1v) is 18.1. The van der Waals surface area contributed by atoms with Crippen LogP contribution in [0, 0.1) is 74.6 Å². The summed E-state index contributed by atoms with van der Waals surface area (Å²) in [5.41, 5.74) is 7.82. The van der Waals surface area contributed by atoms with E-state index >= 15 is 0 Å². The Morgan fingerprint density at radius 1 is 0.203 bits per heavy atom. The van der Waals surface area contributed by atoms with E-state index in [1.807, 2.05) is 48.6 Å². The molecular formula is C48H48Er2N8O6-4. The molecule has 16 N–H and O–H groups in total. The monoisotopic (exact) mass is 1160 g/mol. The minimum Gasteiger partial charge on any atom is -0.665 e. The summed E-state index contributed by atoms with van der Waals surface area (Å²) in [7, 11) is 0. The smallest absolute Gasteiger partial charge is 0 e. The number of benzene rings is 4. The van der Waals surface area contributed by atoms with E-state index in [-0.39, 0.29) is 107 Å². The quantitative estimate of drug-likeness (QED) is 0.226. The maximum atomic E-state index is 4.35. The zero-order valence-corrected chi connectivity index (χ0v) is 37.6. The van der Waals surface area contributed by atoms with Crippen LogP contribution in [-0.2, 0) is 21.9 Å². The van der Waals surface area contributed by atoms with Gasteiger partial charge in [-0.1, -0.05) is 146 Å². The summed E-state index contributed by atoms with van der Waals surface area (Å²) in [4.78, 5) is 0. The summed E-state index contributed by atoms with van der Waals surface area (Å²) >= 11 is 0. The van der Waals surface area contributed by atoms with Crippen molar-refractivity contribution in [2.45, 2.75) is 0 Å². The minimum atomic E-state index is 0. The van der Waals surface area contributed by atoms with Crippen LogP contribution in [0.1, 0.15) is 0 Å². The van der Waals surface area contributed by atoms with Gasteiger partial charge in [-0.15, -0.1) is 45.5 Å². The van der Waals surface area contributed by atoms with Crippen LogP contribution in [0.25, 0.3) is 91.1 Å². The minimum absolute atomic E-state index is 0. The van der Waals surface area contributed by atoms with Gasteiger partial charge in [0.15, 0.2) is 0 Å². The van der Waals surface area contributed by atoms with Crippen LogP contribution in [0.3, 0.4) is 0 Å². The van der Waals surface area contributed by atoms with Crippen LogP contribution in [0.4, 0.5) is 45.5 Å². The fraction of sp³-hybridized carbons (Fsp3) is 0. The van der Waals surface area contributed by atoms with Gasteiger partial charge in [0.05, 0.1) is 0 Å². The molecule has 0 bridgehead atoms. The molecule has 0 atom stereocenters. The molecule has 0 aliphatic carbocycles. The van der Waals surface area contributed by atoms with Crippen LogP contribution in [0.5, 0.6) is 0 Å².